The number of hydrogen-bond donors (Lipinski definition) is 3. The fourth-order valence-corrected chi connectivity index (χ4v) is 2.22. The second kappa shape index (κ2) is 9.94. The number of aryl methyl sites for hydroxylation is 2. The van der Waals surface area contributed by atoms with E-state index in [0.29, 0.717) is 6.54 Å². The van der Waals surface area contributed by atoms with Gasteiger partial charge in [0.05, 0.1) is 0 Å². The van der Waals surface area contributed by atoms with E-state index in [1.165, 1.54) is 11.1 Å². The van der Waals surface area contributed by atoms with Crippen molar-refractivity contribution in [3.8, 4) is 0 Å². The third kappa shape index (κ3) is 6.90. The normalized spacial score (nSPS) is 10.3. The molecule has 2 amide bonds. The molecule has 1 aromatic rings. The van der Waals surface area contributed by atoms with Crippen molar-refractivity contribution in [2.24, 2.45) is 5.73 Å². The van der Waals surface area contributed by atoms with Gasteiger partial charge in [0.15, 0.2) is 0 Å². The summed E-state index contributed by atoms with van der Waals surface area (Å²) in [5, 5.41) is 11.4. The van der Waals surface area contributed by atoms with Gasteiger partial charge in [-0.05, 0) is 43.2 Å². The van der Waals surface area contributed by atoms with Crippen LogP contribution in [0.3, 0.4) is 0 Å². The van der Waals surface area contributed by atoms with Crippen molar-refractivity contribution in [1.29, 1.82) is 0 Å². The van der Waals surface area contributed by atoms with Crippen molar-refractivity contribution in [2.45, 2.75) is 38.5 Å². The Balaban J connectivity index is 2.23. The maximum Gasteiger partial charge on any atom is 0.309 e. The molecule has 0 aliphatic carbocycles. The highest BCUT2D eigenvalue weighted by molar-refractivity contribution is 6.34. The zero-order chi connectivity index (χ0) is 15.5. The Morgan fingerprint density at radius 2 is 1.62 bits per heavy atom. The minimum Gasteiger partial charge on any atom is -0.396 e. The van der Waals surface area contributed by atoms with Crippen molar-refractivity contribution >= 4 is 11.8 Å². The Labute approximate surface area is 125 Å². The highest BCUT2D eigenvalue weighted by Crippen LogP contribution is 2.14. The van der Waals surface area contributed by atoms with Gasteiger partial charge in [-0.2, -0.15) is 0 Å². The lowest BCUT2D eigenvalue weighted by Crippen LogP contribution is -2.36. The number of carbonyl (C=O) groups excluding carboxylic acids is 2. The Kier molecular flexibility index (Phi) is 8.12. The molecule has 0 bridgehead atoms. The van der Waals surface area contributed by atoms with Crippen LogP contribution in [0.15, 0.2) is 24.3 Å². The summed E-state index contributed by atoms with van der Waals surface area (Å²) in [6.07, 6.45) is 5.52. The molecule has 0 fully saturated rings. The van der Waals surface area contributed by atoms with E-state index in [1.807, 2.05) is 12.1 Å². The van der Waals surface area contributed by atoms with Gasteiger partial charge in [-0.3, -0.25) is 9.59 Å². The minimum atomic E-state index is -0.937. The first kappa shape index (κ1) is 17.2. The quantitative estimate of drug-likeness (QED) is 0.467. The van der Waals surface area contributed by atoms with Crippen molar-refractivity contribution in [2.75, 3.05) is 13.2 Å². The van der Waals surface area contributed by atoms with E-state index in [4.69, 9.17) is 10.8 Å². The van der Waals surface area contributed by atoms with Gasteiger partial charge in [-0.25, -0.2) is 0 Å². The average molecular weight is 292 g/mol. The lowest BCUT2D eigenvalue weighted by atomic mass is 9.98. The molecular formula is C16H24N2O3. The number of primary amides is 1. The van der Waals surface area contributed by atoms with Gasteiger partial charge in [-0.15, -0.1) is 0 Å². The van der Waals surface area contributed by atoms with E-state index in [0.717, 1.165) is 38.5 Å². The SMILES string of the molecule is NC(=O)C(=O)NCCCCCc1ccccc1CCCO. The molecule has 0 spiro atoms. The van der Waals surface area contributed by atoms with Gasteiger partial charge >= 0.3 is 11.8 Å². The number of aliphatic hydroxyl groups excluding tert-OH is 1. The number of rotatable bonds is 9. The van der Waals surface area contributed by atoms with Crippen molar-refractivity contribution < 1.29 is 14.7 Å². The summed E-state index contributed by atoms with van der Waals surface area (Å²) < 4.78 is 0. The summed E-state index contributed by atoms with van der Waals surface area (Å²) in [5.41, 5.74) is 7.47. The molecule has 0 aromatic heterocycles. The van der Waals surface area contributed by atoms with Crippen LogP contribution in [0.2, 0.25) is 0 Å². The van der Waals surface area contributed by atoms with E-state index in [9.17, 15) is 9.59 Å². The molecule has 0 saturated heterocycles. The van der Waals surface area contributed by atoms with Crippen LogP contribution in [-0.2, 0) is 22.4 Å². The summed E-state index contributed by atoms with van der Waals surface area (Å²) in [7, 11) is 0. The predicted octanol–water partition coefficient (Wildman–Crippen LogP) is 0.926. The molecule has 0 saturated carbocycles. The maximum atomic E-state index is 10.9. The number of aliphatic hydroxyl groups is 1. The molecule has 1 rings (SSSR count). The molecule has 5 heteroatoms. The third-order valence-corrected chi connectivity index (χ3v) is 3.35. The zero-order valence-corrected chi connectivity index (χ0v) is 12.3. The molecule has 5 nitrogen and oxygen atoms in total. The van der Waals surface area contributed by atoms with Gasteiger partial charge in [0.1, 0.15) is 0 Å². The van der Waals surface area contributed by atoms with Crippen LogP contribution in [0.1, 0.15) is 36.8 Å². The summed E-state index contributed by atoms with van der Waals surface area (Å²) in [4.78, 5) is 21.5. The van der Waals surface area contributed by atoms with Crippen LogP contribution in [0.4, 0.5) is 0 Å². The smallest absolute Gasteiger partial charge is 0.309 e. The van der Waals surface area contributed by atoms with Crippen molar-refractivity contribution in [3.05, 3.63) is 35.4 Å². The molecule has 21 heavy (non-hydrogen) atoms. The third-order valence-electron chi connectivity index (χ3n) is 3.35. The molecular weight excluding hydrogens is 268 g/mol. The first-order valence-electron chi connectivity index (χ1n) is 7.40. The Bertz CT molecular complexity index is 461. The lowest BCUT2D eigenvalue weighted by Gasteiger charge is -2.09. The Hall–Kier alpha value is -1.88. The molecule has 0 radical (unpaired) electrons. The number of nitrogens with one attached hydrogen (secondary N) is 1. The molecule has 116 valence electrons. The van der Waals surface area contributed by atoms with Crippen molar-refractivity contribution in [3.63, 3.8) is 0 Å². The number of benzene rings is 1. The van der Waals surface area contributed by atoms with Gasteiger partial charge in [-0.1, -0.05) is 30.7 Å². The Morgan fingerprint density at radius 3 is 2.19 bits per heavy atom. The number of nitrogens with two attached hydrogens (primary N) is 1. The van der Waals surface area contributed by atoms with E-state index in [2.05, 4.69) is 17.4 Å². The van der Waals surface area contributed by atoms with Crippen LogP contribution in [-0.4, -0.2) is 30.1 Å². The number of hydrogen-bond acceptors (Lipinski definition) is 3. The van der Waals surface area contributed by atoms with E-state index in [1.54, 1.807) is 0 Å². The monoisotopic (exact) mass is 292 g/mol. The van der Waals surface area contributed by atoms with Crippen LogP contribution in [0, 0.1) is 0 Å². The largest absolute Gasteiger partial charge is 0.396 e. The molecule has 0 atom stereocenters. The van der Waals surface area contributed by atoms with Gasteiger partial charge < -0.3 is 16.2 Å². The highest BCUT2D eigenvalue weighted by atomic mass is 16.3. The summed E-state index contributed by atoms with van der Waals surface area (Å²) in [6, 6.07) is 8.29. The first-order valence-corrected chi connectivity index (χ1v) is 7.40. The van der Waals surface area contributed by atoms with Crippen LogP contribution < -0.4 is 11.1 Å². The van der Waals surface area contributed by atoms with E-state index >= 15 is 0 Å². The molecule has 0 aliphatic rings. The van der Waals surface area contributed by atoms with Crippen LogP contribution in [0.25, 0.3) is 0 Å². The Morgan fingerprint density at radius 1 is 1.00 bits per heavy atom. The predicted molar refractivity (Wildman–Crippen MR) is 81.6 cm³/mol. The van der Waals surface area contributed by atoms with Crippen molar-refractivity contribution in [1.82, 2.24) is 5.32 Å². The standard InChI is InChI=1S/C16H24N2O3/c17-15(20)16(21)18-11-5-1-2-7-13-8-3-4-9-14(13)10-6-12-19/h3-4,8-9,19H,1-2,5-7,10-12H2,(H2,17,20)(H,18,21). The number of unbranched alkanes of at least 4 members (excludes halogenated alkanes) is 2. The van der Waals surface area contributed by atoms with E-state index < -0.39 is 11.8 Å². The molecule has 1 aromatic carbocycles. The summed E-state index contributed by atoms with van der Waals surface area (Å²) in [5.74, 6) is -1.66. The molecule has 0 heterocycles. The number of carbonyl (C=O) groups is 2. The maximum absolute atomic E-state index is 10.9. The van der Waals surface area contributed by atoms with E-state index in [-0.39, 0.29) is 6.61 Å². The minimum absolute atomic E-state index is 0.216. The second-order valence-electron chi connectivity index (χ2n) is 5.03. The number of amides is 2. The average Bonchev–Trinajstić information content (AvgIpc) is 2.49. The highest BCUT2D eigenvalue weighted by Gasteiger charge is 2.06. The molecule has 4 N–H and O–H groups in total. The second-order valence-corrected chi connectivity index (χ2v) is 5.03. The van der Waals surface area contributed by atoms with Gasteiger partial charge in [0.2, 0.25) is 0 Å². The first-order chi connectivity index (χ1) is 10.1. The molecule has 0 aliphatic heterocycles. The van der Waals surface area contributed by atoms with Crippen LogP contribution in [0.5, 0.6) is 0 Å². The zero-order valence-electron chi connectivity index (χ0n) is 12.3. The van der Waals surface area contributed by atoms with Gasteiger partial charge in [0.25, 0.3) is 0 Å². The topological polar surface area (TPSA) is 92.4 Å². The summed E-state index contributed by atoms with van der Waals surface area (Å²) >= 11 is 0. The lowest BCUT2D eigenvalue weighted by molar-refractivity contribution is -0.137. The van der Waals surface area contributed by atoms with Gasteiger partial charge in [0, 0.05) is 13.2 Å². The molecule has 0 unspecified atom stereocenters. The summed E-state index contributed by atoms with van der Waals surface area (Å²) in [6.45, 7) is 0.696. The fourth-order valence-electron chi connectivity index (χ4n) is 2.22. The fraction of sp³-hybridized carbons (Fsp3) is 0.500. The van der Waals surface area contributed by atoms with Crippen LogP contribution >= 0.6 is 0 Å².